The molecule has 0 aliphatic carbocycles. The Kier molecular flexibility index (Phi) is 6.50. The first-order chi connectivity index (χ1) is 19.0. The van der Waals surface area contributed by atoms with Gasteiger partial charge >= 0.3 is 0 Å². The number of nitro groups is 1. The monoisotopic (exact) mass is 579 g/mol. The van der Waals surface area contributed by atoms with Gasteiger partial charge in [-0.05, 0) is 54.1 Å². The van der Waals surface area contributed by atoms with E-state index < -0.39 is 6.04 Å². The fourth-order valence-electron chi connectivity index (χ4n) is 4.84. The van der Waals surface area contributed by atoms with Crippen molar-refractivity contribution in [2.24, 2.45) is 5.10 Å². The number of rotatable bonds is 6. The summed E-state index contributed by atoms with van der Waals surface area (Å²) in [6.07, 6.45) is 0.444. The van der Waals surface area contributed by atoms with Crippen molar-refractivity contribution in [3.05, 3.63) is 123 Å². The number of halogens is 1. The summed E-state index contributed by atoms with van der Waals surface area (Å²) in [5.41, 5.74) is 4.70. The van der Waals surface area contributed by atoms with Crippen molar-refractivity contribution in [1.82, 2.24) is 9.97 Å². The number of nitrogens with zero attached hydrogens (tertiary/aromatic N) is 5. The zero-order chi connectivity index (χ0) is 26.9. The van der Waals surface area contributed by atoms with Gasteiger partial charge in [-0.25, -0.2) is 15.0 Å². The van der Waals surface area contributed by atoms with Crippen LogP contribution in [0.5, 0.6) is 5.75 Å². The Labute approximate surface area is 232 Å². The molecule has 6 rings (SSSR count). The quantitative estimate of drug-likeness (QED) is 0.154. The normalized spacial score (nSPS) is 14.9. The molecule has 1 aliphatic heterocycles. The summed E-state index contributed by atoms with van der Waals surface area (Å²) in [6.45, 7) is 0. The summed E-state index contributed by atoms with van der Waals surface area (Å²) >= 11 is 3.57. The summed E-state index contributed by atoms with van der Waals surface area (Å²) in [5.74, 6) is 1.11. The number of benzene rings is 4. The molecule has 0 radical (unpaired) electrons. The Morgan fingerprint density at radius 1 is 0.923 bits per heavy atom. The summed E-state index contributed by atoms with van der Waals surface area (Å²) in [4.78, 5) is 21.5. The lowest BCUT2D eigenvalue weighted by atomic mass is 9.97. The number of hydrogen-bond donors (Lipinski definition) is 0. The van der Waals surface area contributed by atoms with Crippen LogP contribution in [0.15, 0.2) is 107 Å². The molecule has 0 spiro atoms. The summed E-state index contributed by atoms with van der Waals surface area (Å²) in [6, 6.07) is 29.7. The SMILES string of the molecule is COc1ccc(C2=NN(c3nc(-c4ccccc4)c4cc(Br)ccc4n3)[C@@H](c3ccccc3[N+](=O)[O-])C2)cc1. The maximum atomic E-state index is 12.0. The molecule has 1 aliphatic rings. The van der Waals surface area contributed by atoms with E-state index in [9.17, 15) is 10.1 Å². The molecule has 1 aromatic heterocycles. The Balaban J connectivity index is 1.55. The minimum atomic E-state index is -0.472. The van der Waals surface area contributed by atoms with Crippen molar-refractivity contribution in [3.8, 4) is 17.0 Å². The van der Waals surface area contributed by atoms with Crippen LogP contribution in [0.2, 0.25) is 0 Å². The molecule has 0 saturated carbocycles. The number of fused-ring (bicyclic) bond motifs is 1. The van der Waals surface area contributed by atoms with Gasteiger partial charge in [0.1, 0.15) is 5.75 Å². The molecule has 1 atom stereocenters. The van der Waals surface area contributed by atoms with E-state index in [1.54, 1.807) is 30.3 Å². The molecule has 0 unspecified atom stereocenters. The fraction of sp³-hybridized carbons (Fsp3) is 0.100. The predicted molar refractivity (Wildman–Crippen MR) is 155 cm³/mol. The standard InChI is InChI=1S/C30H22BrN5O3/c1-39-22-14-11-19(12-15-22)26-18-28(23-9-5-6-10-27(23)36(37)38)35(34-26)30-32-25-16-13-21(31)17-24(25)29(33-30)20-7-3-2-4-8-20/h2-17,28H,18H2,1H3/t28-/m1/s1. The van der Waals surface area contributed by atoms with Crippen molar-refractivity contribution in [3.63, 3.8) is 0 Å². The smallest absolute Gasteiger partial charge is 0.274 e. The van der Waals surface area contributed by atoms with Crippen LogP contribution in [-0.2, 0) is 0 Å². The lowest BCUT2D eigenvalue weighted by Gasteiger charge is -2.23. The molecular formula is C30H22BrN5O3. The van der Waals surface area contributed by atoms with Crippen LogP contribution >= 0.6 is 15.9 Å². The summed E-state index contributed by atoms with van der Waals surface area (Å²) in [7, 11) is 1.62. The van der Waals surface area contributed by atoms with Gasteiger partial charge in [0.2, 0.25) is 5.95 Å². The Morgan fingerprint density at radius 3 is 2.41 bits per heavy atom. The minimum absolute atomic E-state index is 0.0340. The third-order valence-corrected chi connectivity index (χ3v) is 7.22. The van der Waals surface area contributed by atoms with E-state index in [1.807, 2.05) is 72.8 Å². The molecule has 39 heavy (non-hydrogen) atoms. The van der Waals surface area contributed by atoms with Gasteiger partial charge in [-0.1, -0.05) is 58.4 Å². The first-order valence-electron chi connectivity index (χ1n) is 12.3. The van der Waals surface area contributed by atoms with Gasteiger partial charge in [0, 0.05) is 27.9 Å². The highest BCUT2D eigenvalue weighted by molar-refractivity contribution is 9.10. The van der Waals surface area contributed by atoms with Crippen LogP contribution in [0.3, 0.4) is 0 Å². The van der Waals surface area contributed by atoms with Crippen molar-refractivity contribution >= 4 is 44.2 Å². The third kappa shape index (κ3) is 4.72. The maximum absolute atomic E-state index is 12.0. The molecule has 2 heterocycles. The van der Waals surface area contributed by atoms with E-state index in [0.29, 0.717) is 17.9 Å². The van der Waals surface area contributed by atoms with E-state index in [0.717, 1.165) is 43.7 Å². The highest BCUT2D eigenvalue weighted by atomic mass is 79.9. The van der Waals surface area contributed by atoms with Crippen LogP contribution in [0.4, 0.5) is 11.6 Å². The second-order valence-electron chi connectivity index (χ2n) is 9.06. The van der Waals surface area contributed by atoms with Crippen LogP contribution in [0.25, 0.3) is 22.2 Å². The number of anilines is 1. The number of hydrogen-bond acceptors (Lipinski definition) is 7. The number of para-hydroxylation sites is 1. The van der Waals surface area contributed by atoms with Gasteiger partial charge < -0.3 is 4.74 Å². The fourth-order valence-corrected chi connectivity index (χ4v) is 5.20. The molecule has 4 aromatic carbocycles. The molecule has 0 amide bonds. The van der Waals surface area contributed by atoms with Gasteiger partial charge in [0.15, 0.2) is 0 Å². The molecule has 0 N–H and O–H groups in total. The zero-order valence-corrected chi connectivity index (χ0v) is 22.4. The molecule has 0 fully saturated rings. The van der Waals surface area contributed by atoms with Crippen molar-refractivity contribution in [2.45, 2.75) is 12.5 Å². The molecule has 9 heteroatoms. The molecule has 192 valence electrons. The van der Waals surface area contributed by atoms with Crippen LogP contribution in [0, 0.1) is 10.1 Å². The summed E-state index contributed by atoms with van der Waals surface area (Å²) < 4.78 is 6.23. The van der Waals surface area contributed by atoms with E-state index in [2.05, 4.69) is 15.9 Å². The molecule has 5 aromatic rings. The van der Waals surface area contributed by atoms with Crippen molar-refractivity contribution in [2.75, 3.05) is 12.1 Å². The van der Waals surface area contributed by atoms with E-state index in [1.165, 1.54) is 6.07 Å². The first-order valence-corrected chi connectivity index (χ1v) is 13.1. The second kappa shape index (κ2) is 10.3. The number of aromatic nitrogens is 2. The van der Waals surface area contributed by atoms with E-state index >= 15 is 0 Å². The van der Waals surface area contributed by atoms with Crippen molar-refractivity contribution < 1.29 is 9.66 Å². The predicted octanol–water partition coefficient (Wildman–Crippen LogP) is 7.33. The average molecular weight is 580 g/mol. The van der Waals surface area contributed by atoms with Gasteiger partial charge in [-0.15, -0.1) is 0 Å². The number of ether oxygens (including phenoxy) is 1. The highest BCUT2D eigenvalue weighted by Gasteiger charge is 2.36. The van der Waals surface area contributed by atoms with Gasteiger partial charge in [-0.2, -0.15) is 5.10 Å². The Hall–Kier alpha value is -4.63. The largest absolute Gasteiger partial charge is 0.497 e. The van der Waals surface area contributed by atoms with E-state index in [4.69, 9.17) is 19.8 Å². The lowest BCUT2D eigenvalue weighted by molar-refractivity contribution is -0.385. The summed E-state index contributed by atoms with van der Waals surface area (Å²) in [5, 5.41) is 19.6. The van der Waals surface area contributed by atoms with Gasteiger partial charge in [0.25, 0.3) is 5.69 Å². The number of hydrazone groups is 1. The van der Waals surface area contributed by atoms with Crippen LogP contribution < -0.4 is 9.75 Å². The van der Waals surface area contributed by atoms with Crippen molar-refractivity contribution in [1.29, 1.82) is 0 Å². The Bertz CT molecular complexity index is 1720. The number of methoxy groups -OCH3 is 1. The molecule has 0 bridgehead atoms. The first kappa shape index (κ1) is 24.7. The van der Waals surface area contributed by atoms with E-state index in [-0.39, 0.29) is 10.6 Å². The Morgan fingerprint density at radius 2 is 1.67 bits per heavy atom. The molecule has 0 saturated heterocycles. The van der Waals surface area contributed by atoms with Gasteiger partial charge in [-0.3, -0.25) is 10.1 Å². The van der Waals surface area contributed by atoms with Crippen LogP contribution in [0.1, 0.15) is 23.6 Å². The zero-order valence-electron chi connectivity index (χ0n) is 20.9. The lowest BCUT2D eigenvalue weighted by Crippen LogP contribution is -2.22. The molecular weight excluding hydrogens is 558 g/mol. The average Bonchev–Trinajstić information content (AvgIpc) is 3.42. The molecule has 8 nitrogen and oxygen atoms in total. The van der Waals surface area contributed by atoms with Crippen LogP contribution in [-0.4, -0.2) is 27.7 Å². The minimum Gasteiger partial charge on any atom is -0.497 e. The maximum Gasteiger partial charge on any atom is 0.274 e. The highest BCUT2D eigenvalue weighted by Crippen LogP contribution is 2.40. The second-order valence-corrected chi connectivity index (χ2v) is 9.97. The van der Waals surface area contributed by atoms with Gasteiger partial charge in [0.05, 0.1) is 40.6 Å². The third-order valence-electron chi connectivity index (χ3n) is 6.72. The number of nitro benzene ring substituents is 1. The topological polar surface area (TPSA) is 93.8 Å².